The highest BCUT2D eigenvalue weighted by atomic mass is 35.5. The second-order valence-electron chi connectivity index (χ2n) is 9.03. The zero-order valence-corrected chi connectivity index (χ0v) is 18.7. The molecule has 0 aromatic carbocycles. The van der Waals surface area contributed by atoms with Crippen LogP contribution in [-0.2, 0) is 19.1 Å². The third-order valence-corrected chi connectivity index (χ3v) is 5.91. The van der Waals surface area contributed by atoms with Crippen LogP contribution >= 0.6 is 11.6 Å². The second-order valence-corrected chi connectivity index (χ2v) is 9.47. The van der Waals surface area contributed by atoms with Crippen LogP contribution < -0.4 is 16.0 Å². The molecule has 0 spiro atoms. The van der Waals surface area contributed by atoms with Gasteiger partial charge in [-0.05, 0) is 45.1 Å². The number of rotatable bonds is 9. The lowest BCUT2D eigenvalue weighted by Gasteiger charge is -2.23. The highest BCUT2D eigenvalue weighted by Crippen LogP contribution is 2.34. The first-order valence-electron chi connectivity index (χ1n) is 10.4. The molecular weight excluding hydrogens is 424 g/mol. The number of nitrogens with one attached hydrogen (secondary N) is 4. The van der Waals surface area contributed by atoms with Gasteiger partial charge in [-0.25, -0.2) is 4.79 Å². The Morgan fingerprint density at radius 3 is 2.45 bits per heavy atom. The van der Waals surface area contributed by atoms with Crippen molar-refractivity contribution >= 4 is 35.3 Å². The molecular formula is C21H29ClN4O5. The number of esters is 1. The Morgan fingerprint density at radius 1 is 1.23 bits per heavy atom. The molecule has 1 saturated heterocycles. The van der Waals surface area contributed by atoms with Gasteiger partial charge in [0.2, 0.25) is 11.8 Å². The highest BCUT2D eigenvalue weighted by Gasteiger charge is 2.41. The minimum absolute atomic E-state index is 0.129. The first-order chi connectivity index (χ1) is 14.6. The number of methoxy groups -OCH3 is 1. The molecule has 4 N–H and O–H groups in total. The van der Waals surface area contributed by atoms with E-state index in [-0.39, 0.29) is 23.6 Å². The molecule has 3 rings (SSSR count). The molecule has 3 amide bonds. The number of aromatic nitrogens is 1. The van der Waals surface area contributed by atoms with Gasteiger partial charge in [0.15, 0.2) is 0 Å². The predicted molar refractivity (Wildman–Crippen MR) is 113 cm³/mol. The van der Waals surface area contributed by atoms with Crippen molar-refractivity contribution in [3.05, 3.63) is 23.0 Å². The van der Waals surface area contributed by atoms with Crippen LogP contribution in [0.5, 0.6) is 0 Å². The summed E-state index contributed by atoms with van der Waals surface area (Å²) in [5.41, 5.74) is -0.125. The van der Waals surface area contributed by atoms with Crippen LogP contribution in [0.15, 0.2) is 12.3 Å². The molecule has 9 nitrogen and oxygen atoms in total. The first kappa shape index (κ1) is 23.1. The molecule has 3 unspecified atom stereocenters. The fourth-order valence-electron chi connectivity index (χ4n) is 3.95. The fourth-order valence-corrected chi connectivity index (χ4v) is 4.12. The Bertz CT molecular complexity index is 864. The van der Waals surface area contributed by atoms with E-state index >= 15 is 0 Å². The van der Waals surface area contributed by atoms with Gasteiger partial charge in [0.05, 0.1) is 12.1 Å². The SMILES string of the molecule is COC(=O)C(CC1CC(C)(C)NC1=O)NC(=O)C(CC1CC1)NC(=O)c1cc(Cl)c[nH]1. The van der Waals surface area contributed by atoms with Gasteiger partial charge in [-0.3, -0.25) is 14.4 Å². The highest BCUT2D eigenvalue weighted by molar-refractivity contribution is 6.31. The Hall–Kier alpha value is -2.55. The number of amides is 3. The molecule has 0 radical (unpaired) electrons. The molecule has 1 aromatic heterocycles. The average Bonchev–Trinajstić information content (AvgIpc) is 3.34. The molecule has 10 heteroatoms. The lowest BCUT2D eigenvalue weighted by Crippen LogP contribution is -2.52. The van der Waals surface area contributed by atoms with E-state index in [0.29, 0.717) is 23.8 Å². The van der Waals surface area contributed by atoms with E-state index in [2.05, 4.69) is 20.9 Å². The molecule has 2 heterocycles. The van der Waals surface area contributed by atoms with Crippen LogP contribution in [0.4, 0.5) is 0 Å². The number of carbonyl (C=O) groups excluding carboxylic acids is 4. The molecule has 2 aliphatic rings. The molecule has 31 heavy (non-hydrogen) atoms. The van der Waals surface area contributed by atoms with Crippen molar-refractivity contribution in [3.63, 3.8) is 0 Å². The van der Waals surface area contributed by atoms with Crippen molar-refractivity contribution in [2.75, 3.05) is 7.11 Å². The van der Waals surface area contributed by atoms with E-state index < -0.39 is 35.8 Å². The van der Waals surface area contributed by atoms with Crippen molar-refractivity contribution in [2.24, 2.45) is 11.8 Å². The normalized spacial score (nSPS) is 21.7. The van der Waals surface area contributed by atoms with Crippen molar-refractivity contribution in [2.45, 2.75) is 63.6 Å². The summed E-state index contributed by atoms with van der Waals surface area (Å²) in [4.78, 5) is 52.9. The maximum atomic E-state index is 13.0. The van der Waals surface area contributed by atoms with E-state index in [9.17, 15) is 19.2 Å². The summed E-state index contributed by atoms with van der Waals surface area (Å²) < 4.78 is 4.84. The average molecular weight is 453 g/mol. The van der Waals surface area contributed by atoms with E-state index in [1.165, 1.54) is 19.4 Å². The van der Waals surface area contributed by atoms with Crippen molar-refractivity contribution in [1.29, 1.82) is 0 Å². The molecule has 170 valence electrons. The number of hydrogen-bond acceptors (Lipinski definition) is 5. The summed E-state index contributed by atoms with van der Waals surface area (Å²) in [6, 6.07) is -0.329. The van der Waals surface area contributed by atoms with Crippen molar-refractivity contribution in [3.8, 4) is 0 Å². The topological polar surface area (TPSA) is 129 Å². The van der Waals surface area contributed by atoms with Crippen LogP contribution in [0.2, 0.25) is 5.02 Å². The van der Waals surface area contributed by atoms with Crippen molar-refractivity contribution < 1.29 is 23.9 Å². The monoisotopic (exact) mass is 452 g/mol. The number of carbonyl (C=O) groups is 4. The van der Waals surface area contributed by atoms with Gasteiger partial charge in [0.1, 0.15) is 17.8 Å². The Morgan fingerprint density at radius 2 is 1.94 bits per heavy atom. The lowest BCUT2D eigenvalue weighted by molar-refractivity contribution is -0.146. The third-order valence-electron chi connectivity index (χ3n) is 5.69. The van der Waals surface area contributed by atoms with E-state index in [4.69, 9.17) is 16.3 Å². The maximum absolute atomic E-state index is 13.0. The van der Waals surface area contributed by atoms with E-state index in [1.54, 1.807) is 0 Å². The maximum Gasteiger partial charge on any atom is 0.328 e. The predicted octanol–water partition coefficient (Wildman–Crippen LogP) is 1.53. The van der Waals surface area contributed by atoms with Gasteiger partial charge in [-0.2, -0.15) is 0 Å². The second kappa shape index (κ2) is 9.30. The number of ether oxygens (including phenoxy) is 1. The summed E-state index contributed by atoms with van der Waals surface area (Å²) in [5.74, 6) is -1.79. The third kappa shape index (κ3) is 6.22. The van der Waals surface area contributed by atoms with Crippen molar-refractivity contribution in [1.82, 2.24) is 20.9 Å². The lowest BCUT2D eigenvalue weighted by atomic mass is 9.91. The largest absolute Gasteiger partial charge is 0.467 e. The van der Waals surface area contributed by atoms with Gasteiger partial charge < -0.3 is 25.7 Å². The Labute approximate surface area is 186 Å². The molecule has 1 aliphatic carbocycles. The quantitative estimate of drug-likeness (QED) is 0.422. The van der Waals surface area contributed by atoms with Crippen LogP contribution in [0.3, 0.4) is 0 Å². The molecule has 0 bridgehead atoms. The van der Waals surface area contributed by atoms with Crippen LogP contribution in [0, 0.1) is 11.8 Å². The van der Waals surface area contributed by atoms with Gasteiger partial charge in [-0.1, -0.05) is 24.4 Å². The van der Waals surface area contributed by atoms with Crippen LogP contribution in [0.25, 0.3) is 0 Å². The number of H-pyrrole nitrogens is 1. The number of aromatic amines is 1. The summed E-state index contributed by atoms with van der Waals surface area (Å²) in [5, 5.41) is 8.69. The van der Waals surface area contributed by atoms with Gasteiger partial charge >= 0.3 is 5.97 Å². The summed E-state index contributed by atoms with van der Waals surface area (Å²) in [7, 11) is 1.23. The van der Waals surface area contributed by atoms with Gasteiger partial charge in [0, 0.05) is 17.7 Å². The molecule has 1 aliphatic heterocycles. The number of halogens is 1. The zero-order chi connectivity index (χ0) is 22.8. The van der Waals surface area contributed by atoms with Gasteiger partial charge in [0.25, 0.3) is 5.91 Å². The van der Waals surface area contributed by atoms with E-state index in [0.717, 1.165) is 12.8 Å². The zero-order valence-electron chi connectivity index (χ0n) is 17.9. The van der Waals surface area contributed by atoms with E-state index in [1.807, 2.05) is 13.8 Å². The first-order valence-corrected chi connectivity index (χ1v) is 10.8. The minimum atomic E-state index is -0.985. The van der Waals surface area contributed by atoms with Crippen LogP contribution in [-0.4, -0.2) is 53.4 Å². The standard InChI is InChI=1S/C21H29ClN4O5/c1-21(2)9-12(17(27)26-21)7-16(20(30)31-3)25-19(29)15(6-11-4-5-11)24-18(28)14-8-13(22)10-23-14/h8,10-12,15-16,23H,4-7,9H2,1-3H3,(H,24,28)(H,25,29)(H,26,27). The molecule has 1 saturated carbocycles. The molecule has 1 aromatic rings. The van der Waals surface area contributed by atoms with Crippen LogP contribution in [0.1, 0.15) is 56.4 Å². The Kier molecular flexibility index (Phi) is 6.93. The summed E-state index contributed by atoms with van der Waals surface area (Å²) in [6.45, 7) is 3.81. The Balaban J connectivity index is 1.68. The minimum Gasteiger partial charge on any atom is -0.467 e. The summed E-state index contributed by atoms with van der Waals surface area (Å²) in [6.07, 6.45) is 4.61. The molecule has 2 fully saturated rings. The summed E-state index contributed by atoms with van der Waals surface area (Å²) >= 11 is 5.86. The fraction of sp³-hybridized carbons (Fsp3) is 0.619. The molecule has 3 atom stereocenters. The van der Waals surface area contributed by atoms with Gasteiger partial charge in [-0.15, -0.1) is 0 Å². The smallest absolute Gasteiger partial charge is 0.328 e. The number of hydrogen-bond donors (Lipinski definition) is 4.